The molecule has 0 spiro atoms. The van der Waals surface area contributed by atoms with E-state index in [0.717, 1.165) is 26.4 Å². The molecular formula is C31H24N4O2S2. The molecule has 2 heterocycles. The van der Waals surface area contributed by atoms with Crippen molar-refractivity contribution in [1.29, 1.82) is 0 Å². The molecule has 0 saturated heterocycles. The molecule has 0 atom stereocenters. The largest absolute Gasteiger partial charge is 0.325 e. The highest BCUT2D eigenvalue weighted by Gasteiger charge is 2.15. The smallest absolute Gasteiger partial charge is 0.266 e. The SMILES string of the molecule is Cc1ccc(-n2c(SCC(=O)Nc3ccc(-c4nc5ccc(C)cc5s4)cc3)nc3ccccc3c2=O)cc1. The molecule has 0 radical (unpaired) electrons. The second-order valence-corrected chi connectivity index (χ2v) is 11.3. The Labute approximate surface area is 233 Å². The topological polar surface area (TPSA) is 76.9 Å². The van der Waals surface area contributed by atoms with E-state index in [-0.39, 0.29) is 17.2 Å². The third-order valence-corrected chi connectivity index (χ3v) is 8.33. The van der Waals surface area contributed by atoms with E-state index in [1.165, 1.54) is 17.3 Å². The van der Waals surface area contributed by atoms with Crippen LogP contribution >= 0.6 is 23.1 Å². The van der Waals surface area contributed by atoms with Crippen LogP contribution in [0.3, 0.4) is 0 Å². The highest BCUT2D eigenvalue weighted by atomic mass is 32.2. The maximum Gasteiger partial charge on any atom is 0.266 e. The van der Waals surface area contributed by atoms with E-state index in [2.05, 4.69) is 24.4 Å². The van der Waals surface area contributed by atoms with Crippen molar-refractivity contribution in [2.45, 2.75) is 19.0 Å². The zero-order valence-electron chi connectivity index (χ0n) is 21.3. The molecule has 192 valence electrons. The average molecular weight is 549 g/mol. The lowest BCUT2D eigenvalue weighted by molar-refractivity contribution is -0.113. The molecule has 0 aliphatic carbocycles. The number of carbonyl (C=O) groups is 1. The van der Waals surface area contributed by atoms with E-state index in [9.17, 15) is 9.59 Å². The van der Waals surface area contributed by atoms with E-state index in [1.807, 2.05) is 79.7 Å². The van der Waals surface area contributed by atoms with Crippen LogP contribution in [0, 0.1) is 13.8 Å². The summed E-state index contributed by atoms with van der Waals surface area (Å²) < 4.78 is 2.74. The van der Waals surface area contributed by atoms with E-state index in [0.29, 0.717) is 27.4 Å². The molecule has 1 N–H and O–H groups in total. The van der Waals surface area contributed by atoms with Crippen LogP contribution in [0.2, 0.25) is 0 Å². The van der Waals surface area contributed by atoms with Gasteiger partial charge in [0, 0.05) is 11.3 Å². The first-order valence-electron chi connectivity index (χ1n) is 12.4. The van der Waals surface area contributed by atoms with Gasteiger partial charge in [0.05, 0.1) is 32.6 Å². The van der Waals surface area contributed by atoms with Gasteiger partial charge >= 0.3 is 0 Å². The first kappa shape index (κ1) is 25.0. The summed E-state index contributed by atoms with van der Waals surface area (Å²) in [5.74, 6) is -0.0728. The summed E-state index contributed by atoms with van der Waals surface area (Å²) in [4.78, 5) is 35.7. The molecule has 0 fully saturated rings. The number of rotatable bonds is 6. The summed E-state index contributed by atoms with van der Waals surface area (Å²) >= 11 is 2.89. The fraction of sp³-hybridized carbons (Fsp3) is 0.0968. The molecule has 6 rings (SSSR count). The van der Waals surface area contributed by atoms with Crippen molar-refractivity contribution in [2.75, 3.05) is 11.1 Å². The molecule has 1 amide bonds. The van der Waals surface area contributed by atoms with Crippen molar-refractivity contribution >= 4 is 55.8 Å². The molecule has 6 aromatic rings. The lowest BCUT2D eigenvalue weighted by Crippen LogP contribution is -2.23. The molecule has 39 heavy (non-hydrogen) atoms. The number of aromatic nitrogens is 3. The number of carbonyl (C=O) groups excluding carboxylic acids is 1. The summed E-state index contributed by atoms with van der Waals surface area (Å²) in [5.41, 5.74) is 6.16. The van der Waals surface area contributed by atoms with Gasteiger partial charge in [-0.1, -0.05) is 47.7 Å². The van der Waals surface area contributed by atoms with Crippen molar-refractivity contribution in [3.05, 3.63) is 112 Å². The molecular weight excluding hydrogens is 525 g/mol. The molecule has 0 aliphatic rings. The number of aryl methyl sites for hydroxylation is 2. The standard InChI is InChI=1S/C31H24N4O2S2/c1-19-7-14-23(15-8-19)35-30(37)24-5-3-4-6-25(24)34-31(35)38-18-28(36)32-22-12-10-21(11-13-22)29-33-26-16-9-20(2)17-27(26)39-29/h3-17H,18H2,1-2H3,(H,32,36). The van der Waals surface area contributed by atoms with Gasteiger partial charge in [0.2, 0.25) is 5.91 Å². The minimum absolute atomic E-state index is 0.107. The number of hydrogen-bond acceptors (Lipinski definition) is 6. The van der Waals surface area contributed by atoms with Gasteiger partial charge in [-0.2, -0.15) is 0 Å². The summed E-state index contributed by atoms with van der Waals surface area (Å²) in [5, 5.41) is 4.91. The van der Waals surface area contributed by atoms with E-state index < -0.39 is 0 Å². The minimum Gasteiger partial charge on any atom is -0.325 e. The van der Waals surface area contributed by atoms with Crippen LogP contribution in [0.1, 0.15) is 11.1 Å². The summed E-state index contributed by atoms with van der Waals surface area (Å²) in [7, 11) is 0. The van der Waals surface area contributed by atoms with Crippen LogP contribution in [-0.4, -0.2) is 26.2 Å². The Kier molecular flexibility index (Phi) is 6.72. The van der Waals surface area contributed by atoms with Crippen molar-refractivity contribution < 1.29 is 4.79 Å². The fourth-order valence-corrected chi connectivity index (χ4v) is 6.19. The lowest BCUT2D eigenvalue weighted by atomic mass is 10.2. The number of hydrogen-bond donors (Lipinski definition) is 1. The Hall–Kier alpha value is -4.27. The second kappa shape index (κ2) is 10.5. The zero-order valence-corrected chi connectivity index (χ0v) is 23.0. The van der Waals surface area contributed by atoms with Crippen molar-refractivity contribution in [3.8, 4) is 16.3 Å². The number of nitrogens with one attached hydrogen (secondary N) is 1. The van der Waals surface area contributed by atoms with Crippen molar-refractivity contribution in [2.24, 2.45) is 0 Å². The van der Waals surface area contributed by atoms with Crippen LogP contribution in [0.5, 0.6) is 0 Å². The summed E-state index contributed by atoms with van der Waals surface area (Å²) in [6.07, 6.45) is 0. The average Bonchev–Trinajstić information content (AvgIpc) is 3.36. The van der Waals surface area contributed by atoms with Crippen LogP contribution in [0.15, 0.2) is 101 Å². The van der Waals surface area contributed by atoms with E-state index in [1.54, 1.807) is 22.0 Å². The molecule has 0 saturated carbocycles. The van der Waals surface area contributed by atoms with Gasteiger partial charge in [-0.05, 0) is 80.1 Å². The maximum absolute atomic E-state index is 13.4. The molecule has 0 bridgehead atoms. The number of nitrogens with zero attached hydrogens (tertiary/aromatic N) is 3. The van der Waals surface area contributed by atoms with Gasteiger partial charge in [0.25, 0.3) is 5.56 Å². The van der Waals surface area contributed by atoms with Gasteiger partial charge in [-0.25, -0.2) is 9.97 Å². The number of thioether (sulfide) groups is 1. The third kappa shape index (κ3) is 5.21. The number of amides is 1. The Morgan fingerprint density at radius 1 is 0.872 bits per heavy atom. The molecule has 0 unspecified atom stereocenters. The quantitative estimate of drug-likeness (QED) is 0.179. The zero-order chi connectivity index (χ0) is 26.9. The maximum atomic E-state index is 13.4. The molecule has 6 nitrogen and oxygen atoms in total. The van der Waals surface area contributed by atoms with Gasteiger partial charge < -0.3 is 5.32 Å². The number of para-hydroxylation sites is 1. The molecule has 0 aliphatic heterocycles. The van der Waals surface area contributed by atoms with E-state index >= 15 is 0 Å². The number of anilines is 1. The molecule has 4 aromatic carbocycles. The Bertz CT molecular complexity index is 1890. The number of benzene rings is 4. The predicted octanol–water partition coefficient (Wildman–Crippen LogP) is 7.01. The Morgan fingerprint density at radius 2 is 1.62 bits per heavy atom. The molecule has 2 aromatic heterocycles. The summed E-state index contributed by atoms with van der Waals surface area (Å²) in [6, 6.07) is 28.9. The van der Waals surface area contributed by atoms with Crippen molar-refractivity contribution in [1.82, 2.24) is 14.5 Å². The number of thiazole rings is 1. The van der Waals surface area contributed by atoms with Gasteiger partial charge in [-0.15, -0.1) is 11.3 Å². The van der Waals surface area contributed by atoms with Gasteiger partial charge in [-0.3, -0.25) is 14.2 Å². The lowest BCUT2D eigenvalue weighted by Gasteiger charge is -2.13. The summed E-state index contributed by atoms with van der Waals surface area (Å²) in [6.45, 7) is 4.07. The Balaban J connectivity index is 1.20. The normalized spacial score (nSPS) is 11.2. The highest BCUT2D eigenvalue weighted by Crippen LogP contribution is 2.31. The van der Waals surface area contributed by atoms with Crippen LogP contribution in [-0.2, 0) is 4.79 Å². The van der Waals surface area contributed by atoms with E-state index in [4.69, 9.17) is 9.97 Å². The van der Waals surface area contributed by atoms with Crippen LogP contribution in [0.25, 0.3) is 37.4 Å². The van der Waals surface area contributed by atoms with Crippen molar-refractivity contribution in [3.63, 3.8) is 0 Å². The first-order valence-corrected chi connectivity index (χ1v) is 14.2. The second-order valence-electron chi connectivity index (χ2n) is 9.29. The number of fused-ring (bicyclic) bond motifs is 2. The van der Waals surface area contributed by atoms with Crippen LogP contribution < -0.4 is 10.9 Å². The third-order valence-electron chi connectivity index (χ3n) is 6.33. The molecule has 8 heteroatoms. The van der Waals surface area contributed by atoms with Gasteiger partial charge in [0.1, 0.15) is 5.01 Å². The first-order chi connectivity index (χ1) is 18.9. The highest BCUT2D eigenvalue weighted by molar-refractivity contribution is 7.99. The van der Waals surface area contributed by atoms with Crippen LogP contribution in [0.4, 0.5) is 5.69 Å². The minimum atomic E-state index is -0.180. The van der Waals surface area contributed by atoms with Gasteiger partial charge in [0.15, 0.2) is 5.16 Å². The predicted molar refractivity (Wildman–Crippen MR) is 161 cm³/mol. The fourth-order valence-electron chi connectivity index (χ4n) is 4.31. The monoisotopic (exact) mass is 548 g/mol. The Morgan fingerprint density at radius 3 is 2.41 bits per heavy atom.